The molecule has 0 saturated carbocycles. The maximum Gasteiger partial charge on any atom is 0.336 e. The molecule has 2 N–H and O–H groups in total. The van der Waals surface area contributed by atoms with Crippen molar-refractivity contribution in [3.63, 3.8) is 0 Å². The summed E-state index contributed by atoms with van der Waals surface area (Å²) in [6.45, 7) is 1.80. The van der Waals surface area contributed by atoms with Crippen LogP contribution in [0.5, 0.6) is 0 Å². The van der Waals surface area contributed by atoms with Crippen molar-refractivity contribution in [2.24, 2.45) is 0 Å². The molecule has 2 rings (SSSR count). The van der Waals surface area contributed by atoms with Crippen molar-refractivity contribution in [3.8, 4) is 0 Å². The third-order valence-corrected chi connectivity index (χ3v) is 3.53. The number of carboxylic acids is 1. The SMILES string of the molecule is Cc1ccc(NC(=O)c2ccc([N+](=O)[O-])cc2C(=O)O)cc1Cl. The van der Waals surface area contributed by atoms with Gasteiger partial charge in [0.15, 0.2) is 0 Å². The minimum Gasteiger partial charge on any atom is -0.478 e. The number of carbonyl (C=O) groups is 2. The van der Waals surface area contributed by atoms with E-state index in [2.05, 4.69) is 5.32 Å². The van der Waals surface area contributed by atoms with Gasteiger partial charge in [-0.25, -0.2) is 4.79 Å². The standard InChI is InChI=1S/C15H11ClN2O5/c1-8-2-3-9(6-13(8)16)17-14(19)11-5-4-10(18(22)23)7-12(11)15(20)21/h2-7H,1H3,(H,17,19)(H,20,21). The minimum atomic E-state index is -1.43. The number of nitro benzene ring substituents is 1. The van der Waals surface area contributed by atoms with Crippen molar-refractivity contribution in [1.29, 1.82) is 0 Å². The number of nitrogens with zero attached hydrogens (tertiary/aromatic N) is 1. The second kappa shape index (κ2) is 6.45. The Kier molecular flexibility index (Phi) is 4.61. The fourth-order valence-corrected chi connectivity index (χ4v) is 2.07. The second-order valence-corrected chi connectivity index (χ2v) is 5.12. The largest absolute Gasteiger partial charge is 0.478 e. The molecule has 7 nitrogen and oxygen atoms in total. The molecule has 23 heavy (non-hydrogen) atoms. The number of hydrogen-bond acceptors (Lipinski definition) is 4. The van der Waals surface area contributed by atoms with E-state index in [1.54, 1.807) is 19.1 Å². The molecule has 0 unspecified atom stereocenters. The molecule has 0 radical (unpaired) electrons. The number of aromatic carboxylic acids is 1. The fourth-order valence-electron chi connectivity index (χ4n) is 1.89. The Balaban J connectivity index is 2.36. The molecule has 8 heteroatoms. The highest BCUT2D eigenvalue weighted by Gasteiger charge is 2.20. The van der Waals surface area contributed by atoms with E-state index in [0.717, 1.165) is 23.8 Å². The zero-order chi connectivity index (χ0) is 17.1. The number of halogens is 1. The lowest BCUT2D eigenvalue weighted by Gasteiger charge is -2.09. The van der Waals surface area contributed by atoms with Gasteiger partial charge in [-0.3, -0.25) is 14.9 Å². The van der Waals surface area contributed by atoms with Crippen molar-refractivity contribution in [2.75, 3.05) is 5.32 Å². The number of carbonyl (C=O) groups excluding carboxylic acids is 1. The van der Waals surface area contributed by atoms with E-state index in [4.69, 9.17) is 16.7 Å². The summed E-state index contributed by atoms with van der Waals surface area (Å²) < 4.78 is 0. The summed E-state index contributed by atoms with van der Waals surface area (Å²) in [5.74, 6) is -2.13. The Morgan fingerprint density at radius 3 is 2.43 bits per heavy atom. The molecule has 0 bridgehead atoms. The second-order valence-electron chi connectivity index (χ2n) is 4.71. The van der Waals surface area contributed by atoms with Crippen LogP contribution >= 0.6 is 11.6 Å². The van der Waals surface area contributed by atoms with E-state index in [0.29, 0.717) is 10.7 Å². The Morgan fingerprint density at radius 1 is 1.17 bits per heavy atom. The molecule has 0 aliphatic carbocycles. The Hall–Kier alpha value is -2.93. The van der Waals surface area contributed by atoms with Crippen molar-refractivity contribution in [2.45, 2.75) is 6.92 Å². The van der Waals surface area contributed by atoms with Crippen LogP contribution in [0.2, 0.25) is 5.02 Å². The lowest BCUT2D eigenvalue weighted by molar-refractivity contribution is -0.384. The zero-order valence-corrected chi connectivity index (χ0v) is 12.6. The Morgan fingerprint density at radius 2 is 1.87 bits per heavy atom. The maximum atomic E-state index is 12.2. The quantitative estimate of drug-likeness (QED) is 0.656. The first-order chi connectivity index (χ1) is 10.8. The van der Waals surface area contributed by atoms with E-state index in [1.165, 1.54) is 6.07 Å². The van der Waals surface area contributed by atoms with Crippen LogP contribution < -0.4 is 5.32 Å². The van der Waals surface area contributed by atoms with E-state index in [1.807, 2.05) is 0 Å². The maximum absolute atomic E-state index is 12.2. The number of nitro groups is 1. The van der Waals surface area contributed by atoms with Gasteiger partial charge in [0.05, 0.1) is 16.1 Å². The van der Waals surface area contributed by atoms with Crippen LogP contribution in [-0.4, -0.2) is 21.9 Å². The third kappa shape index (κ3) is 3.64. The third-order valence-electron chi connectivity index (χ3n) is 3.12. The first-order valence-electron chi connectivity index (χ1n) is 6.39. The van der Waals surface area contributed by atoms with E-state index in [9.17, 15) is 19.7 Å². The predicted molar refractivity (Wildman–Crippen MR) is 84.2 cm³/mol. The molecule has 0 atom stereocenters. The lowest BCUT2D eigenvalue weighted by atomic mass is 10.1. The summed E-state index contributed by atoms with van der Waals surface area (Å²) >= 11 is 5.96. The number of nitrogens with one attached hydrogen (secondary N) is 1. The van der Waals surface area contributed by atoms with Crippen LogP contribution in [0.25, 0.3) is 0 Å². The highest BCUT2D eigenvalue weighted by atomic mass is 35.5. The first-order valence-corrected chi connectivity index (χ1v) is 6.76. The molecular formula is C15H11ClN2O5. The van der Waals surface area contributed by atoms with Gasteiger partial charge >= 0.3 is 5.97 Å². The lowest BCUT2D eigenvalue weighted by Crippen LogP contribution is -2.16. The van der Waals surface area contributed by atoms with Crippen molar-refractivity contribution >= 4 is 34.9 Å². The van der Waals surface area contributed by atoms with Crippen LogP contribution in [0.4, 0.5) is 11.4 Å². The van der Waals surface area contributed by atoms with E-state index >= 15 is 0 Å². The summed E-state index contributed by atoms with van der Waals surface area (Å²) in [6.07, 6.45) is 0. The van der Waals surface area contributed by atoms with Gasteiger partial charge in [-0.2, -0.15) is 0 Å². The number of anilines is 1. The number of rotatable bonds is 4. The summed E-state index contributed by atoms with van der Waals surface area (Å²) in [7, 11) is 0. The molecule has 1 amide bonds. The van der Waals surface area contributed by atoms with Crippen LogP contribution in [0, 0.1) is 17.0 Å². The molecule has 0 spiro atoms. The van der Waals surface area contributed by atoms with Crippen LogP contribution in [0.15, 0.2) is 36.4 Å². The molecule has 0 heterocycles. The molecule has 0 saturated heterocycles. The summed E-state index contributed by atoms with van der Waals surface area (Å²) in [6, 6.07) is 7.87. The highest BCUT2D eigenvalue weighted by molar-refractivity contribution is 6.31. The average molecular weight is 335 g/mol. The van der Waals surface area contributed by atoms with Gasteiger partial charge in [0.1, 0.15) is 0 Å². The van der Waals surface area contributed by atoms with Crippen molar-refractivity contribution < 1.29 is 19.6 Å². The monoisotopic (exact) mass is 334 g/mol. The zero-order valence-electron chi connectivity index (χ0n) is 11.9. The average Bonchev–Trinajstić information content (AvgIpc) is 2.50. The Bertz CT molecular complexity index is 820. The first kappa shape index (κ1) is 16.4. The normalized spacial score (nSPS) is 10.2. The number of carboxylic acid groups (broad SMARTS) is 1. The number of non-ortho nitro benzene ring substituents is 1. The van der Waals surface area contributed by atoms with Crippen LogP contribution in [-0.2, 0) is 0 Å². The number of aryl methyl sites for hydroxylation is 1. The van der Waals surface area contributed by atoms with Crippen molar-refractivity contribution in [3.05, 3.63) is 68.2 Å². The molecular weight excluding hydrogens is 324 g/mol. The predicted octanol–water partition coefficient (Wildman–Crippen LogP) is 3.51. The molecule has 0 aromatic heterocycles. The summed E-state index contributed by atoms with van der Waals surface area (Å²) in [4.78, 5) is 33.4. The minimum absolute atomic E-state index is 0.181. The smallest absolute Gasteiger partial charge is 0.336 e. The van der Waals surface area contributed by atoms with Gasteiger partial charge in [-0.15, -0.1) is 0 Å². The van der Waals surface area contributed by atoms with Gasteiger partial charge in [0, 0.05) is 22.8 Å². The van der Waals surface area contributed by atoms with Gasteiger partial charge in [-0.1, -0.05) is 17.7 Å². The summed E-state index contributed by atoms with van der Waals surface area (Å²) in [5.41, 5.74) is 0.179. The van der Waals surface area contributed by atoms with E-state index < -0.39 is 28.1 Å². The van der Waals surface area contributed by atoms with Gasteiger partial charge in [-0.05, 0) is 30.7 Å². The molecule has 118 valence electrons. The van der Waals surface area contributed by atoms with Crippen LogP contribution in [0.1, 0.15) is 26.3 Å². The fraction of sp³-hybridized carbons (Fsp3) is 0.0667. The highest BCUT2D eigenvalue weighted by Crippen LogP contribution is 2.22. The van der Waals surface area contributed by atoms with Crippen LogP contribution in [0.3, 0.4) is 0 Å². The van der Waals surface area contributed by atoms with Gasteiger partial charge < -0.3 is 10.4 Å². The van der Waals surface area contributed by atoms with Crippen molar-refractivity contribution in [1.82, 2.24) is 0 Å². The molecule has 2 aromatic carbocycles. The number of hydrogen-bond donors (Lipinski definition) is 2. The summed E-state index contributed by atoms with van der Waals surface area (Å²) in [5, 5.41) is 22.8. The Labute approximate surface area is 135 Å². The number of amides is 1. The van der Waals surface area contributed by atoms with Gasteiger partial charge in [0.2, 0.25) is 0 Å². The molecule has 0 fully saturated rings. The molecule has 2 aromatic rings. The number of benzene rings is 2. The molecule has 0 aliphatic heterocycles. The topological polar surface area (TPSA) is 110 Å². The van der Waals surface area contributed by atoms with E-state index in [-0.39, 0.29) is 5.56 Å². The van der Waals surface area contributed by atoms with Gasteiger partial charge in [0.25, 0.3) is 11.6 Å². The molecule has 0 aliphatic rings.